The van der Waals surface area contributed by atoms with E-state index in [1.807, 2.05) is 13.8 Å². The van der Waals surface area contributed by atoms with Crippen LogP contribution in [0.1, 0.15) is 64.9 Å². The first-order chi connectivity index (χ1) is 10.7. The molecule has 0 atom stereocenters. The summed E-state index contributed by atoms with van der Waals surface area (Å²) in [6.45, 7) is 5.08. The molecule has 1 N–H and O–H groups in total. The van der Waals surface area contributed by atoms with Crippen molar-refractivity contribution in [3.8, 4) is 0 Å². The van der Waals surface area contributed by atoms with Crippen LogP contribution < -0.4 is 0 Å². The molecule has 0 aromatic heterocycles. The van der Waals surface area contributed by atoms with E-state index in [-0.39, 0.29) is 0 Å². The fraction of sp³-hybridized carbons (Fsp3) is 0.550. The minimum Gasteiger partial charge on any atom is -0.481 e. The first kappa shape index (κ1) is 20.4. The van der Waals surface area contributed by atoms with Gasteiger partial charge in [0.15, 0.2) is 0 Å². The number of carboxylic acid groups (broad SMARTS) is 1. The Morgan fingerprint density at radius 3 is 2.27 bits per heavy atom. The van der Waals surface area contributed by atoms with Crippen LogP contribution in [-0.4, -0.2) is 11.1 Å². The number of rotatable bonds is 5. The fourth-order valence-electron chi connectivity index (χ4n) is 2.51. The molecular weight excluding hydrogens is 272 g/mol. The van der Waals surface area contributed by atoms with Crippen molar-refractivity contribution in [2.75, 3.05) is 0 Å². The topological polar surface area (TPSA) is 37.3 Å². The van der Waals surface area contributed by atoms with E-state index in [9.17, 15) is 0 Å². The van der Waals surface area contributed by atoms with Crippen molar-refractivity contribution in [3.63, 3.8) is 0 Å². The average molecular weight is 304 g/mol. The number of aryl methyl sites for hydroxylation is 1. The second-order valence-corrected chi connectivity index (χ2v) is 5.37. The van der Waals surface area contributed by atoms with E-state index in [0.717, 1.165) is 12.8 Å². The van der Waals surface area contributed by atoms with Gasteiger partial charge in [0, 0.05) is 6.92 Å². The largest absolute Gasteiger partial charge is 0.481 e. The van der Waals surface area contributed by atoms with Gasteiger partial charge in [-0.3, -0.25) is 4.79 Å². The number of benzene rings is 1. The smallest absolute Gasteiger partial charge is 0.300 e. The van der Waals surface area contributed by atoms with Crippen molar-refractivity contribution in [3.05, 3.63) is 48.0 Å². The molecule has 1 aromatic rings. The molecule has 22 heavy (non-hydrogen) atoms. The van der Waals surface area contributed by atoms with Crippen molar-refractivity contribution in [1.29, 1.82) is 0 Å². The molecule has 0 amide bonds. The van der Waals surface area contributed by atoms with Gasteiger partial charge in [0.2, 0.25) is 0 Å². The van der Waals surface area contributed by atoms with Gasteiger partial charge < -0.3 is 5.11 Å². The van der Waals surface area contributed by atoms with Crippen LogP contribution in [-0.2, 0) is 11.2 Å². The number of hydrogen-bond donors (Lipinski definition) is 1. The minimum absolute atomic E-state index is 0.833. The van der Waals surface area contributed by atoms with E-state index in [1.54, 1.807) is 0 Å². The second kappa shape index (κ2) is 14.4. The Kier molecular flexibility index (Phi) is 13.3. The first-order valence-corrected chi connectivity index (χ1v) is 8.58. The lowest BCUT2D eigenvalue weighted by atomic mass is 10.1. The van der Waals surface area contributed by atoms with Crippen LogP contribution in [0.3, 0.4) is 0 Å². The summed E-state index contributed by atoms with van der Waals surface area (Å²) in [4.78, 5) is 9.00. The molecule has 0 saturated heterocycles. The summed E-state index contributed by atoms with van der Waals surface area (Å²) in [5.41, 5.74) is 1.47. The van der Waals surface area contributed by atoms with Gasteiger partial charge in [0.05, 0.1) is 0 Å². The summed E-state index contributed by atoms with van der Waals surface area (Å²) in [5.74, 6) is 0.0664. The molecule has 2 rings (SSSR count). The number of carbonyl (C=O) groups is 1. The monoisotopic (exact) mass is 304 g/mol. The lowest BCUT2D eigenvalue weighted by Gasteiger charge is -2.01. The zero-order chi connectivity index (χ0) is 16.6. The van der Waals surface area contributed by atoms with Crippen molar-refractivity contribution in [2.45, 2.75) is 65.7 Å². The van der Waals surface area contributed by atoms with E-state index in [2.05, 4.69) is 42.5 Å². The van der Waals surface area contributed by atoms with Crippen molar-refractivity contribution in [1.82, 2.24) is 0 Å². The maximum atomic E-state index is 9.00. The molecule has 0 bridgehead atoms. The number of unbranched alkanes of at least 4 members (excludes halogenated alkanes) is 1. The molecule has 0 heterocycles. The van der Waals surface area contributed by atoms with E-state index >= 15 is 0 Å². The molecule has 1 aliphatic carbocycles. The third kappa shape index (κ3) is 12.2. The lowest BCUT2D eigenvalue weighted by molar-refractivity contribution is -0.134. The molecule has 1 fully saturated rings. The third-order valence-electron chi connectivity index (χ3n) is 3.49. The van der Waals surface area contributed by atoms with Crippen LogP contribution in [0, 0.1) is 5.92 Å². The molecule has 1 saturated carbocycles. The molecule has 124 valence electrons. The number of hydrogen-bond acceptors (Lipinski definition) is 1. The maximum absolute atomic E-state index is 9.00. The van der Waals surface area contributed by atoms with Crippen molar-refractivity contribution >= 4 is 5.97 Å². The SMILES string of the molecule is C(=C\C1CCCC1)/CCCc1ccccc1.CC.CC(=O)O. The second-order valence-electron chi connectivity index (χ2n) is 5.37. The summed E-state index contributed by atoms with van der Waals surface area (Å²) in [6.07, 6.45) is 14.3. The van der Waals surface area contributed by atoms with Gasteiger partial charge in [-0.05, 0) is 43.6 Å². The van der Waals surface area contributed by atoms with Crippen LogP contribution in [0.2, 0.25) is 0 Å². The van der Waals surface area contributed by atoms with Gasteiger partial charge in [-0.1, -0.05) is 69.2 Å². The third-order valence-corrected chi connectivity index (χ3v) is 3.49. The summed E-state index contributed by atoms with van der Waals surface area (Å²) in [6, 6.07) is 10.8. The minimum atomic E-state index is -0.833. The Balaban J connectivity index is 0.000000640. The zero-order valence-corrected chi connectivity index (χ0v) is 14.4. The summed E-state index contributed by atoms with van der Waals surface area (Å²) in [7, 11) is 0. The maximum Gasteiger partial charge on any atom is 0.300 e. The number of aliphatic carboxylic acids is 1. The molecule has 1 aliphatic rings. The molecule has 0 radical (unpaired) electrons. The molecule has 0 aliphatic heterocycles. The van der Waals surface area contributed by atoms with Gasteiger partial charge >= 0.3 is 0 Å². The van der Waals surface area contributed by atoms with E-state index in [0.29, 0.717) is 0 Å². The first-order valence-electron chi connectivity index (χ1n) is 8.58. The Morgan fingerprint density at radius 2 is 1.73 bits per heavy atom. The number of carboxylic acids is 1. The van der Waals surface area contributed by atoms with Crippen molar-refractivity contribution < 1.29 is 9.90 Å². The van der Waals surface area contributed by atoms with Crippen LogP contribution in [0.4, 0.5) is 0 Å². The highest BCUT2D eigenvalue weighted by Gasteiger charge is 2.10. The van der Waals surface area contributed by atoms with Crippen LogP contribution in [0.15, 0.2) is 42.5 Å². The highest BCUT2D eigenvalue weighted by atomic mass is 16.4. The predicted molar refractivity (Wildman–Crippen MR) is 95.1 cm³/mol. The van der Waals surface area contributed by atoms with Crippen LogP contribution in [0.5, 0.6) is 0 Å². The zero-order valence-electron chi connectivity index (χ0n) is 14.4. The quantitative estimate of drug-likeness (QED) is 0.545. The summed E-state index contributed by atoms with van der Waals surface area (Å²) >= 11 is 0. The normalized spacial score (nSPS) is 14.0. The fourth-order valence-corrected chi connectivity index (χ4v) is 2.51. The molecule has 1 aromatic carbocycles. The van der Waals surface area contributed by atoms with Gasteiger partial charge in [0.25, 0.3) is 5.97 Å². The van der Waals surface area contributed by atoms with E-state index in [4.69, 9.17) is 9.90 Å². The molecular formula is C20H32O2. The molecule has 0 unspecified atom stereocenters. The highest BCUT2D eigenvalue weighted by Crippen LogP contribution is 2.25. The number of allylic oxidation sites excluding steroid dienone is 2. The Labute approximate surface area is 136 Å². The average Bonchev–Trinajstić information content (AvgIpc) is 3.03. The molecule has 0 spiro atoms. The van der Waals surface area contributed by atoms with Crippen molar-refractivity contribution in [2.24, 2.45) is 5.92 Å². The van der Waals surface area contributed by atoms with Crippen LogP contribution >= 0.6 is 0 Å². The summed E-state index contributed by atoms with van der Waals surface area (Å²) in [5, 5.41) is 7.42. The standard InChI is InChI=1S/C16H22.C2H4O2.C2H6/c1-3-9-15(10-4-1)11-5-2-6-12-16-13-7-8-14-16;1-2(3)4;1-2/h1,3-4,6,9-10,12,16H,2,5,7-8,11,13-14H2;1H3,(H,3,4);1-2H3/b12-6+;;. The lowest BCUT2D eigenvalue weighted by Crippen LogP contribution is -1.86. The Morgan fingerprint density at radius 1 is 1.18 bits per heavy atom. The molecule has 2 nitrogen and oxygen atoms in total. The van der Waals surface area contributed by atoms with Crippen LogP contribution in [0.25, 0.3) is 0 Å². The van der Waals surface area contributed by atoms with E-state index < -0.39 is 5.97 Å². The highest BCUT2D eigenvalue weighted by molar-refractivity contribution is 5.62. The predicted octanol–water partition coefficient (Wildman–Crippen LogP) is 5.87. The van der Waals surface area contributed by atoms with Gasteiger partial charge in [-0.2, -0.15) is 0 Å². The molecule has 2 heteroatoms. The Bertz CT molecular complexity index is 385. The van der Waals surface area contributed by atoms with Gasteiger partial charge in [-0.15, -0.1) is 0 Å². The van der Waals surface area contributed by atoms with Gasteiger partial charge in [-0.25, -0.2) is 0 Å². The Hall–Kier alpha value is -1.57. The van der Waals surface area contributed by atoms with Gasteiger partial charge in [0.1, 0.15) is 0 Å². The van der Waals surface area contributed by atoms with E-state index in [1.165, 1.54) is 50.5 Å². The summed E-state index contributed by atoms with van der Waals surface area (Å²) < 4.78 is 0.